The lowest BCUT2D eigenvalue weighted by Gasteiger charge is -1.98. The summed E-state index contributed by atoms with van der Waals surface area (Å²) in [7, 11) is 0. The Balaban J connectivity index is 2.22. The van der Waals surface area contributed by atoms with Gasteiger partial charge in [0, 0.05) is 11.1 Å². The van der Waals surface area contributed by atoms with Gasteiger partial charge in [0.2, 0.25) is 0 Å². The molecular formula is C17H12O. The second kappa shape index (κ2) is 5.65. The van der Waals surface area contributed by atoms with Gasteiger partial charge in [-0.2, -0.15) is 0 Å². The molecule has 0 spiro atoms. The van der Waals surface area contributed by atoms with Crippen molar-refractivity contribution in [2.75, 3.05) is 0 Å². The number of hydrogen-bond donors (Lipinski definition) is 0. The maximum Gasteiger partial charge on any atom is 0.185 e. The number of carbonyl (C=O) groups excluding carboxylic acids is 1. The van der Waals surface area contributed by atoms with Crippen LogP contribution in [0.15, 0.2) is 60.7 Å². The molecule has 86 valence electrons. The van der Waals surface area contributed by atoms with E-state index < -0.39 is 0 Å². The molecular weight excluding hydrogens is 220 g/mol. The van der Waals surface area contributed by atoms with Crippen molar-refractivity contribution >= 4 is 11.9 Å². The molecule has 0 aliphatic rings. The van der Waals surface area contributed by atoms with Crippen LogP contribution < -0.4 is 0 Å². The molecule has 0 saturated heterocycles. The summed E-state index contributed by atoms with van der Waals surface area (Å²) in [5.74, 6) is 2.57. The molecule has 0 fully saturated rings. The maximum atomic E-state index is 11.9. The SMILES string of the molecule is C#Cc1ccccc1C=CC(=O)c1ccccc1. The quantitative estimate of drug-likeness (QED) is 0.449. The summed E-state index contributed by atoms with van der Waals surface area (Å²) < 4.78 is 0. The first-order chi connectivity index (χ1) is 8.81. The molecule has 2 rings (SSSR count). The van der Waals surface area contributed by atoms with Crippen molar-refractivity contribution in [2.24, 2.45) is 0 Å². The summed E-state index contributed by atoms with van der Waals surface area (Å²) in [6.07, 6.45) is 8.70. The molecule has 0 aromatic heterocycles. The minimum atomic E-state index is -0.0255. The van der Waals surface area contributed by atoms with Crippen LogP contribution in [0.25, 0.3) is 6.08 Å². The minimum absolute atomic E-state index is 0.0255. The summed E-state index contributed by atoms with van der Waals surface area (Å²) in [6, 6.07) is 16.7. The number of allylic oxidation sites excluding steroid dienone is 1. The van der Waals surface area contributed by atoms with E-state index in [9.17, 15) is 4.79 Å². The van der Waals surface area contributed by atoms with Gasteiger partial charge in [0.25, 0.3) is 0 Å². The van der Waals surface area contributed by atoms with Gasteiger partial charge in [0.1, 0.15) is 0 Å². The first-order valence-corrected chi connectivity index (χ1v) is 5.64. The van der Waals surface area contributed by atoms with Crippen molar-refractivity contribution in [1.29, 1.82) is 0 Å². The molecule has 0 N–H and O–H groups in total. The number of carbonyl (C=O) groups is 1. The molecule has 0 saturated carbocycles. The molecule has 0 atom stereocenters. The molecule has 2 aromatic carbocycles. The minimum Gasteiger partial charge on any atom is -0.289 e. The third-order valence-electron chi connectivity index (χ3n) is 2.59. The zero-order valence-electron chi connectivity index (χ0n) is 9.84. The number of hydrogen-bond acceptors (Lipinski definition) is 1. The summed E-state index contributed by atoms with van der Waals surface area (Å²) in [4.78, 5) is 11.9. The van der Waals surface area contributed by atoms with E-state index in [1.54, 1.807) is 24.3 Å². The van der Waals surface area contributed by atoms with Gasteiger partial charge in [0.15, 0.2) is 5.78 Å². The zero-order chi connectivity index (χ0) is 12.8. The van der Waals surface area contributed by atoms with Gasteiger partial charge in [-0.25, -0.2) is 0 Å². The van der Waals surface area contributed by atoms with E-state index in [1.807, 2.05) is 42.5 Å². The second-order valence-electron chi connectivity index (χ2n) is 3.80. The van der Waals surface area contributed by atoms with Gasteiger partial charge >= 0.3 is 0 Å². The molecule has 0 aliphatic heterocycles. The van der Waals surface area contributed by atoms with E-state index in [2.05, 4.69) is 5.92 Å². The van der Waals surface area contributed by atoms with Crippen LogP contribution >= 0.6 is 0 Å². The number of benzene rings is 2. The number of terminal acetylenes is 1. The Morgan fingerprint density at radius 2 is 1.67 bits per heavy atom. The lowest BCUT2D eigenvalue weighted by molar-refractivity contribution is 0.104. The third kappa shape index (κ3) is 2.75. The highest BCUT2D eigenvalue weighted by atomic mass is 16.1. The molecule has 1 nitrogen and oxygen atoms in total. The predicted octanol–water partition coefficient (Wildman–Crippen LogP) is 3.56. The Morgan fingerprint density at radius 3 is 2.39 bits per heavy atom. The van der Waals surface area contributed by atoms with E-state index >= 15 is 0 Å². The maximum absolute atomic E-state index is 11.9. The number of rotatable bonds is 3. The Morgan fingerprint density at radius 1 is 1.00 bits per heavy atom. The van der Waals surface area contributed by atoms with Crippen LogP contribution in [0.4, 0.5) is 0 Å². The fourth-order valence-corrected chi connectivity index (χ4v) is 1.64. The van der Waals surface area contributed by atoms with Gasteiger partial charge in [0.05, 0.1) is 0 Å². The topological polar surface area (TPSA) is 17.1 Å². The van der Waals surface area contributed by atoms with E-state index in [4.69, 9.17) is 6.42 Å². The van der Waals surface area contributed by atoms with Crippen LogP contribution in [0.1, 0.15) is 21.5 Å². The molecule has 0 heterocycles. The average Bonchev–Trinajstić information content (AvgIpc) is 2.46. The molecule has 0 aliphatic carbocycles. The van der Waals surface area contributed by atoms with Crippen LogP contribution in [-0.4, -0.2) is 5.78 Å². The van der Waals surface area contributed by atoms with Crippen molar-refractivity contribution in [3.8, 4) is 12.3 Å². The van der Waals surface area contributed by atoms with Crippen molar-refractivity contribution < 1.29 is 4.79 Å². The Labute approximate surface area is 107 Å². The van der Waals surface area contributed by atoms with E-state index in [-0.39, 0.29) is 5.78 Å². The standard InChI is InChI=1S/C17H12O/c1-2-14-8-6-7-9-15(14)12-13-17(18)16-10-4-3-5-11-16/h1,3-13H. The predicted molar refractivity (Wildman–Crippen MR) is 74.2 cm³/mol. The lowest BCUT2D eigenvalue weighted by Crippen LogP contribution is -1.93. The molecule has 0 radical (unpaired) electrons. The fourth-order valence-electron chi connectivity index (χ4n) is 1.64. The van der Waals surface area contributed by atoms with Crippen molar-refractivity contribution in [2.45, 2.75) is 0 Å². The van der Waals surface area contributed by atoms with Gasteiger partial charge in [-0.15, -0.1) is 6.42 Å². The Bertz CT molecular complexity index is 616. The Kier molecular flexibility index (Phi) is 3.73. The van der Waals surface area contributed by atoms with Gasteiger partial charge in [-0.3, -0.25) is 4.79 Å². The van der Waals surface area contributed by atoms with E-state index in [0.717, 1.165) is 11.1 Å². The van der Waals surface area contributed by atoms with Gasteiger partial charge in [-0.05, 0) is 23.8 Å². The average molecular weight is 232 g/mol. The summed E-state index contributed by atoms with van der Waals surface area (Å²) in [6.45, 7) is 0. The molecule has 2 aromatic rings. The van der Waals surface area contributed by atoms with Gasteiger partial charge < -0.3 is 0 Å². The van der Waals surface area contributed by atoms with Crippen molar-refractivity contribution in [3.05, 3.63) is 77.4 Å². The van der Waals surface area contributed by atoms with Crippen molar-refractivity contribution in [3.63, 3.8) is 0 Å². The monoisotopic (exact) mass is 232 g/mol. The van der Waals surface area contributed by atoms with Crippen LogP contribution in [0.3, 0.4) is 0 Å². The largest absolute Gasteiger partial charge is 0.289 e. The third-order valence-corrected chi connectivity index (χ3v) is 2.59. The highest BCUT2D eigenvalue weighted by Gasteiger charge is 2.00. The van der Waals surface area contributed by atoms with Crippen LogP contribution in [0.5, 0.6) is 0 Å². The highest BCUT2D eigenvalue weighted by Crippen LogP contribution is 2.10. The first-order valence-electron chi connectivity index (χ1n) is 5.64. The summed E-state index contributed by atoms with van der Waals surface area (Å²) in [5, 5.41) is 0. The highest BCUT2D eigenvalue weighted by molar-refractivity contribution is 6.06. The lowest BCUT2D eigenvalue weighted by atomic mass is 10.1. The van der Waals surface area contributed by atoms with Crippen LogP contribution in [-0.2, 0) is 0 Å². The summed E-state index contributed by atoms with van der Waals surface area (Å²) >= 11 is 0. The molecule has 0 amide bonds. The Hall–Kier alpha value is -2.59. The first kappa shape index (κ1) is 11.9. The normalized spacial score (nSPS) is 10.2. The molecule has 0 bridgehead atoms. The van der Waals surface area contributed by atoms with Crippen molar-refractivity contribution in [1.82, 2.24) is 0 Å². The van der Waals surface area contributed by atoms with Crippen LogP contribution in [0.2, 0.25) is 0 Å². The fraction of sp³-hybridized carbons (Fsp3) is 0. The molecule has 0 unspecified atom stereocenters. The zero-order valence-corrected chi connectivity index (χ0v) is 9.84. The summed E-state index contributed by atoms with van der Waals surface area (Å²) in [5.41, 5.74) is 2.34. The molecule has 1 heteroatoms. The van der Waals surface area contributed by atoms with E-state index in [0.29, 0.717) is 5.56 Å². The van der Waals surface area contributed by atoms with Gasteiger partial charge in [-0.1, -0.05) is 54.5 Å². The van der Waals surface area contributed by atoms with Crippen LogP contribution in [0, 0.1) is 12.3 Å². The van der Waals surface area contributed by atoms with E-state index in [1.165, 1.54) is 0 Å². The second-order valence-corrected chi connectivity index (χ2v) is 3.80. The number of ketones is 1. The smallest absolute Gasteiger partial charge is 0.185 e. The molecule has 18 heavy (non-hydrogen) atoms.